The van der Waals surface area contributed by atoms with Crippen molar-refractivity contribution in [3.05, 3.63) is 56.1 Å². The third kappa shape index (κ3) is 3.32. The number of aromatic hydroxyl groups is 1. The maximum atomic E-state index is 14.4. The van der Waals surface area contributed by atoms with Crippen LogP contribution < -0.4 is 10.9 Å². The second-order valence-electron chi connectivity index (χ2n) is 6.82. The average Bonchev–Trinajstić information content (AvgIpc) is 2.63. The number of anilines is 1. The van der Waals surface area contributed by atoms with Gasteiger partial charge in [-0.1, -0.05) is 23.2 Å². The van der Waals surface area contributed by atoms with E-state index in [4.69, 9.17) is 23.2 Å². The van der Waals surface area contributed by atoms with Crippen molar-refractivity contribution in [3.8, 4) is 5.75 Å². The number of carbonyl (C=O) groups excluding carboxylic acids is 1. The first kappa shape index (κ1) is 19.6. The number of halogens is 3. The summed E-state index contributed by atoms with van der Waals surface area (Å²) in [4.78, 5) is 33.8. The molecule has 150 valence electrons. The van der Waals surface area contributed by atoms with Crippen LogP contribution in [0.25, 0.3) is 10.9 Å². The summed E-state index contributed by atoms with van der Waals surface area (Å²) in [5.41, 5.74) is -0.605. The fourth-order valence-corrected chi connectivity index (χ4v) is 3.77. The van der Waals surface area contributed by atoms with Gasteiger partial charge in [0.2, 0.25) is 0 Å². The zero-order valence-electron chi connectivity index (χ0n) is 15.2. The molecule has 3 aromatic rings. The van der Waals surface area contributed by atoms with Crippen molar-refractivity contribution in [1.29, 1.82) is 0 Å². The molecule has 29 heavy (non-hydrogen) atoms. The minimum absolute atomic E-state index is 0.0163. The van der Waals surface area contributed by atoms with Crippen molar-refractivity contribution in [3.63, 3.8) is 0 Å². The highest BCUT2D eigenvalue weighted by Gasteiger charge is 2.25. The van der Waals surface area contributed by atoms with Crippen LogP contribution in [-0.2, 0) is 0 Å². The Bertz CT molecular complexity index is 1200. The summed E-state index contributed by atoms with van der Waals surface area (Å²) in [7, 11) is 0. The highest BCUT2D eigenvalue weighted by Crippen LogP contribution is 2.33. The Morgan fingerprint density at radius 2 is 2.03 bits per heavy atom. The second-order valence-corrected chi connectivity index (χ2v) is 7.59. The van der Waals surface area contributed by atoms with Crippen LogP contribution in [-0.4, -0.2) is 25.5 Å². The summed E-state index contributed by atoms with van der Waals surface area (Å²) in [5, 5.41) is 11.6. The lowest BCUT2D eigenvalue weighted by Crippen LogP contribution is -2.32. The maximum absolute atomic E-state index is 14.4. The molecule has 2 N–H and O–H groups in total. The monoisotopic (exact) mass is 436 g/mol. The Kier molecular flexibility index (Phi) is 4.92. The van der Waals surface area contributed by atoms with Gasteiger partial charge in [-0.05, 0) is 44.4 Å². The third-order valence-corrected chi connectivity index (χ3v) is 5.56. The van der Waals surface area contributed by atoms with Crippen molar-refractivity contribution in [2.75, 3.05) is 5.32 Å². The van der Waals surface area contributed by atoms with Gasteiger partial charge in [0, 0.05) is 6.04 Å². The molecule has 0 aliphatic heterocycles. The van der Waals surface area contributed by atoms with Gasteiger partial charge in [0.1, 0.15) is 22.9 Å². The molecule has 0 unspecified atom stereocenters. The topological polar surface area (TPSA) is 97.1 Å². The summed E-state index contributed by atoms with van der Waals surface area (Å²) in [6.07, 6.45) is 2.70. The van der Waals surface area contributed by atoms with E-state index in [1.807, 2.05) is 0 Å². The van der Waals surface area contributed by atoms with Crippen LogP contribution in [0.2, 0.25) is 10.2 Å². The number of fused-ring (bicyclic) bond motifs is 1. The maximum Gasteiger partial charge on any atom is 0.274 e. The average molecular weight is 437 g/mol. The van der Waals surface area contributed by atoms with Gasteiger partial charge in [-0.2, -0.15) is 0 Å². The summed E-state index contributed by atoms with van der Waals surface area (Å²) in [6, 6.07) is 3.58. The zero-order chi connectivity index (χ0) is 20.9. The Morgan fingerprint density at radius 1 is 1.31 bits per heavy atom. The van der Waals surface area contributed by atoms with E-state index in [0.29, 0.717) is 5.82 Å². The van der Waals surface area contributed by atoms with Crippen molar-refractivity contribution < 1.29 is 14.3 Å². The lowest BCUT2D eigenvalue weighted by Gasteiger charge is -2.29. The minimum Gasteiger partial charge on any atom is -0.504 e. The van der Waals surface area contributed by atoms with Crippen LogP contribution in [0.3, 0.4) is 0 Å². The number of nitrogens with one attached hydrogen (secondary N) is 1. The van der Waals surface area contributed by atoms with Crippen LogP contribution >= 0.6 is 23.2 Å². The Hall–Kier alpha value is -2.71. The molecule has 2 heterocycles. The van der Waals surface area contributed by atoms with Crippen LogP contribution in [0.15, 0.2) is 23.0 Å². The summed E-state index contributed by atoms with van der Waals surface area (Å²) in [5.74, 6) is -1.40. The highest BCUT2D eigenvalue weighted by atomic mass is 35.5. The first-order valence-corrected chi connectivity index (χ1v) is 9.61. The van der Waals surface area contributed by atoms with Gasteiger partial charge in [0.15, 0.2) is 10.9 Å². The molecular weight excluding hydrogens is 422 g/mol. The largest absolute Gasteiger partial charge is 0.504 e. The number of pyridine rings is 1. The molecule has 0 atom stereocenters. The zero-order valence-corrected chi connectivity index (χ0v) is 16.7. The van der Waals surface area contributed by atoms with Gasteiger partial charge < -0.3 is 10.4 Å². The number of hydrogen-bond donors (Lipinski definition) is 2. The molecule has 4 rings (SSSR count). The number of amides is 1. The Balaban J connectivity index is 1.83. The molecule has 1 amide bonds. The number of nitrogens with zero attached hydrogens (tertiary/aromatic N) is 3. The lowest BCUT2D eigenvalue weighted by atomic mass is 9.92. The van der Waals surface area contributed by atoms with E-state index in [0.717, 1.165) is 31.4 Å². The molecule has 1 aliphatic carbocycles. The van der Waals surface area contributed by atoms with Crippen molar-refractivity contribution in [2.24, 2.45) is 0 Å². The molecule has 0 radical (unpaired) electrons. The summed E-state index contributed by atoms with van der Waals surface area (Å²) < 4.78 is 15.9. The van der Waals surface area contributed by atoms with Gasteiger partial charge in [-0.3, -0.25) is 14.2 Å². The fraction of sp³-hybridized carbons (Fsp3) is 0.263. The summed E-state index contributed by atoms with van der Waals surface area (Å²) in [6.45, 7) is 1.66. The van der Waals surface area contributed by atoms with E-state index < -0.39 is 23.0 Å². The molecule has 1 aromatic carbocycles. The van der Waals surface area contributed by atoms with Gasteiger partial charge in [0.05, 0.1) is 16.1 Å². The first-order chi connectivity index (χ1) is 13.8. The number of benzene rings is 1. The standard InChI is InChI=1S/C19H15Cl2FN4O3/c1-8-23-15-11(22)5-6-12(14(15)19(29)26(8)9-3-2-4-9)25-18(28)13-7-10(20)16(27)17(21)24-13/h5-7,9,27H,2-4H2,1H3,(H,25,28). The van der Waals surface area contributed by atoms with Gasteiger partial charge in [-0.15, -0.1) is 0 Å². The second kappa shape index (κ2) is 7.27. The number of aromatic nitrogens is 3. The third-order valence-electron chi connectivity index (χ3n) is 5.01. The van der Waals surface area contributed by atoms with Crippen LogP contribution in [0.1, 0.15) is 41.6 Å². The number of carbonyl (C=O) groups is 1. The molecule has 2 aromatic heterocycles. The molecule has 1 fully saturated rings. The predicted molar refractivity (Wildman–Crippen MR) is 107 cm³/mol. The smallest absolute Gasteiger partial charge is 0.274 e. The number of rotatable bonds is 3. The molecular formula is C19H15Cl2FN4O3. The number of aryl methyl sites for hydroxylation is 1. The molecule has 0 saturated heterocycles. The number of hydrogen-bond acceptors (Lipinski definition) is 5. The van der Waals surface area contributed by atoms with Gasteiger partial charge in [-0.25, -0.2) is 14.4 Å². The minimum atomic E-state index is -0.725. The lowest BCUT2D eigenvalue weighted by molar-refractivity contribution is 0.102. The van der Waals surface area contributed by atoms with E-state index in [-0.39, 0.29) is 38.5 Å². The Morgan fingerprint density at radius 3 is 2.66 bits per heavy atom. The van der Waals surface area contributed by atoms with E-state index in [2.05, 4.69) is 15.3 Å². The quantitative estimate of drug-likeness (QED) is 0.598. The van der Waals surface area contributed by atoms with Gasteiger partial charge >= 0.3 is 0 Å². The van der Waals surface area contributed by atoms with E-state index >= 15 is 0 Å². The molecule has 1 saturated carbocycles. The fourth-order valence-electron chi connectivity index (χ4n) is 3.33. The molecule has 10 heteroatoms. The molecule has 7 nitrogen and oxygen atoms in total. The van der Waals surface area contributed by atoms with Crippen molar-refractivity contribution >= 4 is 45.7 Å². The van der Waals surface area contributed by atoms with Crippen molar-refractivity contribution in [1.82, 2.24) is 14.5 Å². The highest BCUT2D eigenvalue weighted by molar-refractivity contribution is 6.36. The molecule has 0 bridgehead atoms. The van der Waals surface area contributed by atoms with E-state index in [9.17, 15) is 19.1 Å². The van der Waals surface area contributed by atoms with Crippen molar-refractivity contribution in [2.45, 2.75) is 32.2 Å². The van der Waals surface area contributed by atoms with Gasteiger partial charge in [0.25, 0.3) is 11.5 Å². The predicted octanol–water partition coefficient (Wildman–Crippen LogP) is 4.23. The SMILES string of the molecule is Cc1nc2c(F)ccc(NC(=O)c3cc(Cl)c(O)c(Cl)n3)c2c(=O)n1C1CCC1. The summed E-state index contributed by atoms with van der Waals surface area (Å²) >= 11 is 11.6. The van der Waals surface area contributed by atoms with E-state index in [1.54, 1.807) is 11.5 Å². The van der Waals surface area contributed by atoms with Crippen LogP contribution in [0.5, 0.6) is 5.75 Å². The van der Waals surface area contributed by atoms with E-state index in [1.165, 1.54) is 6.07 Å². The molecule has 0 spiro atoms. The van der Waals surface area contributed by atoms with Crippen LogP contribution in [0, 0.1) is 12.7 Å². The van der Waals surface area contributed by atoms with Crippen LogP contribution in [0.4, 0.5) is 10.1 Å². The Labute approximate surface area is 174 Å². The normalized spacial score (nSPS) is 14.1. The molecule has 1 aliphatic rings. The first-order valence-electron chi connectivity index (χ1n) is 8.85.